The number of nitrogens with zero attached hydrogens (tertiary/aromatic N) is 1. The van der Waals surface area contributed by atoms with Crippen molar-refractivity contribution in [3.63, 3.8) is 0 Å². The second-order valence-electron chi connectivity index (χ2n) is 3.54. The first-order chi connectivity index (χ1) is 8.88. The molecular formula is C12H7F4NO2. The van der Waals surface area contributed by atoms with Gasteiger partial charge in [0.15, 0.2) is 5.75 Å². The summed E-state index contributed by atoms with van der Waals surface area (Å²) in [6, 6.07) is 6.31. The van der Waals surface area contributed by atoms with Gasteiger partial charge in [-0.2, -0.15) is 4.39 Å². The van der Waals surface area contributed by atoms with Gasteiger partial charge in [0, 0.05) is 17.3 Å². The van der Waals surface area contributed by atoms with Gasteiger partial charge in [0.05, 0.1) is 0 Å². The molecule has 3 nitrogen and oxygen atoms in total. The Morgan fingerprint density at radius 1 is 1.05 bits per heavy atom. The molecule has 0 aliphatic carbocycles. The lowest BCUT2D eigenvalue weighted by atomic mass is 10.1. The van der Waals surface area contributed by atoms with Gasteiger partial charge < -0.3 is 9.84 Å². The van der Waals surface area contributed by atoms with E-state index in [0.717, 1.165) is 12.3 Å². The van der Waals surface area contributed by atoms with Crippen LogP contribution in [0.1, 0.15) is 0 Å². The highest BCUT2D eigenvalue weighted by atomic mass is 19.4. The molecule has 1 aromatic heterocycles. The number of rotatable bonds is 2. The van der Waals surface area contributed by atoms with E-state index in [1.807, 2.05) is 0 Å². The number of hydrogen-bond acceptors (Lipinski definition) is 3. The minimum atomic E-state index is -4.88. The Morgan fingerprint density at radius 2 is 1.74 bits per heavy atom. The zero-order valence-electron chi connectivity index (χ0n) is 9.28. The van der Waals surface area contributed by atoms with Gasteiger partial charge >= 0.3 is 6.36 Å². The maximum absolute atomic E-state index is 13.1. The fraction of sp³-hybridized carbons (Fsp3) is 0.0833. The highest BCUT2D eigenvalue weighted by Crippen LogP contribution is 2.38. The number of hydrogen-bond donors (Lipinski definition) is 1. The molecule has 2 rings (SSSR count). The molecule has 0 unspecified atom stereocenters. The van der Waals surface area contributed by atoms with E-state index in [1.54, 1.807) is 0 Å². The van der Waals surface area contributed by atoms with Crippen LogP contribution in [0.5, 0.6) is 11.5 Å². The highest BCUT2D eigenvalue weighted by molar-refractivity contribution is 5.75. The van der Waals surface area contributed by atoms with Crippen molar-refractivity contribution in [2.75, 3.05) is 0 Å². The average Bonchev–Trinajstić information content (AvgIpc) is 2.32. The third kappa shape index (κ3) is 2.93. The maximum atomic E-state index is 13.1. The zero-order valence-corrected chi connectivity index (χ0v) is 9.28. The highest BCUT2D eigenvalue weighted by Gasteiger charge is 2.32. The Morgan fingerprint density at radius 3 is 2.42 bits per heavy atom. The molecule has 7 heteroatoms. The van der Waals surface area contributed by atoms with E-state index < -0.39 is 23.8 Å². The van der Waals surface area contributed by atoms with Crippen molar-refractivity contribution in [1.82, 2.24) is 4.98 Å². The SMILES string of the molecule is Oc1c(-c2ccccc2OC(F)(F)F)ccnc1F. The van der Waals surface area contributed by atoms with Gasteiger partial charge in [-0.05, 0) is 12.1 Å². The second kappa shape index (κ2) is 4.75. The summed E-state index contributed by atoms with van der Waals surface area (Å²) in [4.78, 5) is 3.19. The molecule has 0 fully saturated rings. The third-order valence-corrected chi connectivity index (χ3v) is 2.28. The van der Waals surface area contributed by atoms with Crippen molar-refractivity contribution >= 4 is 0 Å². The maximum Gasteiger partial charge on any atom is 0.573 e. The Labute approximate surface area is 105 Å². The van der Waals surface area contributed by atoms with Crippen LogP contribution < -0.4 is 4.74 Å². The third-order valence-electron chi connectivity index (χ3n) is 2.28. The average molecular weight is 273 g/mol. The molecule has 0 bridgehead atoms. The first-order valence-electron chi connectivity index (χ1n) is 5.07. The van der Waals surface area contributed by atoms with E-state index >= 15 is 0 Å². The van der Waals surface area contributed by atoms with E-state index in [1.165, 1.54) is 24.3 Å². The number of alkyl halides is 3. The fourth-order valence-electron chi connectivity index (χ4n) is 1.55. The second-order valence-corrected chi connectivity index (χ2v) is 3.54. The molecule has 0 atom stereocenters. The summed E-state index contributed by atoms with van der Waals surface area (Å²) < 4.78 is 53.7. The summed E-state index contributed by atoms with van der Waals surface area (Å²) in [5.41, 5.74) is -0.217. The summed E-state index contributed by atoms with van der Waals surface area (Å²) in [6.07, 6.45) is -3.84. The van der Waals surface area contributed by atoms with Crippen LogP contribution in [0.15, 0.2) is 36.5 Å². The summed E-state index contributed by atoms with van der Waals surface area (Å²) in [5, 5.41) is 9.50. The van der Waals surface area contributed by atoms with Crippen molar-refractivity contribution in [3.05, 3.63) is 42.5 Å². The topological polar surface area (TPSA) is 42.4 Å². The van der Waals surface area contributed by atoms with E-state index in [9.17, 15) is 22.7 Å². The lowest BCUT2D eigenvalue weighted by Crippen LogP contribution is -2.17. The Bertz CT molecular complexity index is 599. The minimum absolute atomic E-state index is 0.0846. The van der Waals surface area contributed by atoms with Gasteiger partial charge in [-0.3, -0.25) is 0 Å². The number of para-hydroxylation sites is 1. The lowest BCUT2D eigenvalue weighted by molar-refractivity contribution is -0.274. The molecule has 0 saturated heterocycles. The molecule has 1 heterocycles. The molecule has 0 saturated carbocycles. The van der Waals surface area contributed by atoms with Crippen LogP contribution in [-0.2, 0) is 0 Å². The molecule has 1 N–H and O–H groups in total. The smallest absolute Gasteiger partial charge is 0.503 e. The van der Waals surface area contributed by atoms with Crippen molar-refractivity contribution in [1.29, 1.82) is 0 Å². The molecule has 0 amide bonds. The monoisotopic (exact) mass is 273 g/mol. The molecule has 100 valence electrons. The van der Waals surface area contributed by atoms with Gasteiger partial charge in [0.25, 0.3) is 5.95 Å². The first-order valence-corrected chi connectivity index (χ1v) is 5.07. The molecule has 0 spiro atoms. The predicted octanol–water partition coefficient (Wildman–Crippen LogP) is 3.49. The number of benzene rings is 1. The Hall–Kier alpha value is -2.31. The standard InChI is InChI=1S/C12H7F4NO2/c13-11-10(18)8(5-6-17-11)7-3-1-2-4-9(7)19-12(14,15)16/h1-6,18H. The molecule has 2 aromatic rings. The van der Waals surface area contributed by atoms with Crippen LogP contribution >= 0.6 is 0 Å². The Kier molecular flexibility index (Phi) is 3.28. The van der Waals surface area contributed by atoms with Crippen LogP contribution in [0.25, 0.3) is 11.1 Å². The van der Waals surface area contributed by atoms with E-state index in [0.29, 0.717) is 0 Å². The lowest BCUT2D eigenvalue weighted by Gasteiger charge is -2.13. The number of aromatic nitrogens is 1. The van der Waals surface area contributed by atoms with Crippen molar-refractivity contribution in [2.45, 2.75) is 6.36 Å². The summed E-state index contributed by atoms with van der Waals surface area (Å²) in [6.45, 7) is 0. The number of pyridine rings is 1. The van der Waals surface area contributed by atoms with Crippen molar-refractivity contribution in [3.8, 4) is 22.6 Å². The van der Waals surface area contributed by atoms with Gasteiger partial charge in [-0.15, -0.1) is 13.2 Å². The van der Waals surface area contributed by atoms with Crippen LogP contribution in [0.4, 0.5) is 17.6 Å². The first kappa shape index (κ1) is 13.1. The van der Waals surface area contributed by atoms with Crippen LogP contribution in [0.2, 0.25) is 0 Å². The quantitative estimate of drug-likeness (QED) is 0.672. The fourth-order valence-corrected chi connectivity index (χ4v) is 1.55. The van der Waals surface area contributed by atoms with Gasteiger partial charge in [0.1, 0.15) is 5.75 Å². The number of halogens is 4. The van der Waals surface area contributed by atoms with Gasteiger partial charge in [-0.1, -0.05) is 18.2 Å². The van der Waals surface area contributed by atoms with E-state index in [4.69, 9.17) is 0 Å². The summed E-state index contributed by atoms with van der Waals surface area (Å²) >= 11 is 0. The van der Waals surface area contributed by atoms with Crippen LogP contribution in [-0.4, -0.2) is 16.5 Å². The van der Waals surface area contributed by atoms with Crippen LogP contribution in [0, 0.1) is 5.95 Å². The normalized spacial score (nSPS) is 11.4. The predicted molar refractivity (Wildman–Crippen MR) is 58.0 cm³/mol. The van der Waals surface area contributed by atoms with E-state index in [2.05, 4.69) is 9.72 Å². The van der Waals surface area contributed by atoms with Gasteiger partial charge in [0.2, 0.25) is 0 Å². The summed E-state index contributed by atoms with van der Waals surface area (Å²) in [5.74, 6) is -2.53. The number of ether oxygens (including phenoxy) is 1. The molecule has 19 heavy (non-hydrogen) atoms. The van der Waals surface area contributed by atoms with Gasteiger partial charge in [-0.25, -0.2) is 4.98 Å². The molecule has 0 aliphatic heterocycles. The van der Waals surface area contributed by atoms with Crippen molar-refractivity contribution < 1.29 is 27.4 Å². The van der Waals surface area contributed by atoms with Crippen LogP contribution in [0.3, 0.4) is 0 Å². The molecule has 0 radical (unpaired) electrons. The molecule has 0 aliphatic rings. The number of aromatic hydroxyl groups is 1. The van der Waals surface area contributed by atoms with Crippen molar-refractivity contribution in [2.24, 2.45) is 0 Å². The minimum Gasteiger partial charge on any atom is -0.503 e. The van der Waals surface area contributed by atoms with E-state index in [-0.39, 0.29) is 11.1 Å². The largest absolute Gasteiger partial charge is 0.573 e. The Balaban J connectivity index is 2.54. The molecular weight excluding hydrogens is 266 g/mol. The molecule has 1 aromatic carbocycles. The summed E-state index contributed by atoms with van der Waals surface area (Å²) in [7, 11) is 0. The zero-order chi connectivity index (χ0) is 14.0.